The van der Waals surface area contributed by atoms with Crippen molar-refractivity contribution >= 4 is 17.8 Å². The number of carbonyl (C=O) groups excluding carboxylic acids is 2. The van der Waals surface area contributed by atoms with Crippen LogP contribution in [-0.2, 0) is 32.0 Å². The molecule has 2 N–H and O–H groups in total. The molecule has 0 aliphatic heterocycles. The Morgan fingerprint density at radius 2 is 1.82 bits per heavy atom. The topological polar surface area (TPSA) is 95.9 Å². The summed E-state index contributed by atoms with van der Waals surface area (Å²) >= 11 is 0. The molecule has 0 fully saturated rings. The third-order valence-electron chi connectivity index (χ3n) is 6.28. The van der Waals surface area contributed by atoms with Crippen molar-refractivity contribution < 1.29 is 24.2 Å². The van der Waals surface area contributed by atoms with Crippen molar-refractivity contribution in [2.45, 2.75) is 64.1 Å². The van der Waals surface area contributed by atoms with E-state index < -0.39 is 18.1 Å². The molecule has 34 heavy (non-hydrogen) atoms. The minimum Gasteiger partial charge on any atom is -0.481 e. The standard InChI is InChI=1S/C27H34N2O5/c1-3-34-27(33)23(15-13-20-9-5-4-6-10-20)28-19(2)26(32)29(18-17-25(30)31)24-16-14-21-11-7-8-12-22(21)24/h4-12,19,23-24,28H,3,13-18H2,1-2H3,(H,30,31)/t19-,23-,24?/m0/s1. The van der Waals surface area contributed by atoms with E-state index in [9.17, 15) is 19.5 Å². The zero-order valence-corrected chi connectivity index (χ0v) is 19.9. The zero-order valence-electron chi connectivity index (χ0n) is 19.9. The summed E-state index contributed by atoms with van der Waals surface area (Å²) in [5.41, 5.74) is 3.36. The third-order valence-corrected chi connectivity index (χ3v) is 6.28. The number of ether oxygens (including phenoxy) is 1. The van der Waals surface area contributed by atoms with E-state index in [2.05, 4.69) is 11.4 Å². The number of carbonyl (C=O) groups is 3. The van der Waals surface area contributed by atoms with Crippen molar-refractivity contribution in [1.82, 2.24) is 10.2 Å². The molecule has 7 nitrogen and oxygen atoms in total. The van der Waals surface area contributed by atoms with Crippen molar-refractivity contribution in [2.24, 2.45) is 0 Å². The number of carboxylic acid groups (broad SMARTS) is 1. The summed E-state index contributed by atoms with van der Waals surface area (Å²) in [4.78, 5) is 39.2. The van der Waals surface area contributed by atoms with Crippen molar-refractivity contribution in [1.29, 1.82) is 0 Å². The van der Waals surface area contributed by atoms with Gasteiger partial charge in [-0.25, -0.2) is 0 Å². The van der Waals surface area contributed by atoms with Gasteiger partial charge in [-0.3, -0.25) is 19.7 Å². The first kappa shape index (κ1) is 25.4. The SMILES string of the molecule is CCOC(=O)[C@H](CCc1ccccc1)N[C@@H](C)C(=O)N(CCC(=O)O)C1CCc2ccccc21. The number of aliphatic carboxylic acids is 1. The number of nitrogens with zero attached hydrogens (tertiary/aromatic N) is 1. The largest absolute Gasteiger partial charge is 0.481 e. The van der Waals surface area contributed by atoms with Gasteiger partial charge in [-0.1, -0.05) is 54.6 Å². The van der Waals surface area contributed by atoms with E-state index in [-0.39, 0.29) is 37.5 Å². The maximum atomic E-state index is 13.6. The lowest BCUT2D eigenvalue weighted by atomic mass is 10.0. The Morgan fingerprint density at radius 1 is 1.12 bits per heavy atom. The number of carboxylic acids is 1. The van der Waals surface area contributed by atoms with Gasteiger partial charge in [0.2, 0.25) is 5.91 Å². The van der Waals surface area contributed by atoms with E-state index in [4.69, 9.17) is 4.74 Å². The van der Waals surface area contributed by atoms with Gasteiger partial charge < -0.3 is 14.7 Å². The van der Waals surface area contributed by atoms with E-state index in [0.29, 0.717) is 12.8 Å². The van der Waals surface area contributed by atoms with Crippen LogP contribution in [0.3, 0.4) is 0 Å². The number of esters is 1. The van der Waals surface area contributed by atoms with Crippen LogP contribution in [0, 0.1) is 0 Å². The molecule has 0 aromatic heterocycles. The Bertz CT molecular complexity index is 978. The number of hydrogen-bond donors (Lipinski definition) is 2. The van der Waals surface area contributed by atoms with Crippen molar-refractivity contribution in [3.8, 4) is 0 Å². The first-order chi connectivity index (χ1) is 16.4. The Morgan fingerprint density at radius 3 is 2.53 bits per heavy atom. The first-order valence-electron chi connectivity index (χ1n) is 12.0. The predicted molar refractivity (Wildman–Crippen MR) is 129 cm³/mol. The lowest BCUT2D eigenvalue weighted by molar-refractivity contribution is -0.146. The summed E-state index contributed by atoms with van der Waals surface area (Å²) in [6.45, 7) is 3.86. The second kappa shape index (κ2) is 12.3. The van der Waals surface area contributed by atoms with E-state index in [0.717, 1.165) is 24.0 Å². The van der Waals surface area contributed by atoms with Crippen LogP contribution in [0.25, 0.3) is 0 Å². The van der Waals surface area contributed by atoms with Crippen LogP contribution in [0.15, 0.2) is 54.6 Å². The van der Waals surface area contributed by atoms with Crippen molar-refractivity contribution in [2.75, 3.05) is 13.2 Å². The molecule has 3 rings (SSSR count). The zero-order chi connectivity index (χ0) is 24.5. The number of hydrogen-bond acceptors (Lipinski definition) is 5. The predicted octanol–water partition coefficient (Wildman–Crippen LogP) is 3.52. The molecule has 182 valence electrons. The highest BCUT2D eigenvalue weighted by Crippen LogP contribution is 2.36. The number of benzene rings is 2. The van der Waals surface area contributed by atoms with Crippen LogP contribution < -0.4 is 5.32 Å². The summed E-state index contributed by atoms with van der Waals surface area (Å²) in [6.07, 6.45) is 2.63. The summed E-state index contributed by atoms with van der Waals surface area (Å²) < 4.78 is 5.25. The minimum absolute atomic E-state index is 0.118. The molecule has 0 radical (unpaired) electrons. The van der Waals surface area contributed by atoms with Gasteiger partial charge in [0.1, 0.15) is 6.04 Å². The van der Waals surface area contributed by atoms with E-state index in [1.165, 1.54) is 5.56 Å². The van der Waals surface area contributed by atoms with E-state index in [1.54, 1.807) is 18.7 Å². The molecule has 1 unspecified atom stereocenters. The summed E-state index contributed by atoms with van der Waals surface area (Å²) in [5.74, 6) is -1.55. The average molecular weight is 467 g/mol. The lowest BCUT2D eigenvalue weighted by Gasteiger charge is -2.33. The normalized spacial score (nSPS) is 16.4. The first-order valence-corrected chi connectivity index (χ1v) is 12.0. The van der Waals surface area contributed by atoms with Gasteiger partial charge >= 0.3 is 11.9 Å². The van der Waals surface area contributed by atoms with Gasteiger partial charge in [-0.2, -0.15) is 0 Å². The summed E-state index contributed by atoms with van der Waals surface area (Å²) in [5, 5.41) is 12.4. The fourth-order valence-electron chi connectivity index (χ4n) is 4.58. The number of amides is 1. The van der Waals surface area contributed by atoms with Crippen LogP contribution in [0.5, 0.6) is 0 Å². The average Bonchev–Trinajstić information content (AvgIpc) is 3.26. The fourth-order valence-corrected chi connectivity index (χ4v) is 4.58. The molecule has 1 amide bonds. The van der Waals surface area contributed by atoms with Crippen LogP contribution in [-0.4, -0.2) is 53.1 Å². The van der Waals surface area contributed by atoms with Crippen LogP contribution >= 0.6 is 0 Å². The second-order valence-electron chi connectivity index (χ2n) is 8.65. The number of fused-ring (bicyclic) bond motifs is 1. The summed E-state index contributed by atoms with van der Waals surface area (Å²) in [6, 6.07) is 16.3. The van der Waals surface area contributed by atoms with Gasteiger partial charge in [-0.15, -0.1) is 0 Å². The van der Waals surface area contributed by atoms with Crippen LogP contribution in [0.1, 0.15) is 55.8 Å². The Kier molecular flexibility index (Phi) is 9.22. The Labute approximate surface area is 201 Å². The highest BCUT2D eigenvalue weighted by atomic mass is 16.5. The quantitative estimate of drug-likeness (QED) is 0.465. The maximum absolute atomic E-state index is 13.6. The fraction of sp³-hybridized carbons (Fsp3) is 0.444. The Hall–Kier alpha value is -3.19. The molecule has 2 aromatic rings. The second-order valence-corrected chi connectivity index (χ2v) is 8.65. The third kappa shape index (κ3) is 6.67. The van der Waals surface area contributed by atoms with Crippen molar-refractivity contribution in [3.63, 3.8) is 0 Å². The highest BCUT2D eigenvalue weighted by molar-refractivity contribution is 5.84. The van der Waals surface area contributed by atoms with E-state index >= 15 is 0 Å². The van der Waals surface area contributed by atoms with E-state index in [1.807, 2.05) is 48.5 Å². The Balaban J connectivity index is 1.74. The van der Waals surface area contributed by atoms with Gasteiger partial charge in [-0.05, 0) is 56.2 Å². The lowest BCUT2D eigenvalue weighted by Crippen LogP contribution is -2.52. The monoisotopic (exact) mass is 466 g/mol. The molecule has 0 spiro atoms. The molecule has 0 bridgehead atoms. The van der Waals surface area contributed by atoms with Crippen LogP contribution in [0.4, 0.5) is 0 Å². The van der Waals surface area contributed by atoms with Gasteiger partial charge in [0.05, 0.1) is 25.1 Å². The molecule has 1 aliphatic rings. The number of aryl methyl sites for hydroxylation is 2. The smallest absolute Gasteiger partial charge is 0.323 e. The molecule has 3 atom stereocenters. The van der Waals surface area contributed by atoms with Gasteiger partial charge in [0.25, 0.3) is 0 Å². The molecular weight excluding hydrogens is 432 g/mol. The van der Waals surface area contributed by atoms with Crippen molar-refractivity contribution in [3.05, 3.63) is 71.3 Å². The highest BCUT2D eigenvalue weighted by Gasteiger charge is 2.34. The number of rotatable bonds is 12. The van der Waals surface area contributed by atoms with Gasteiger partial charge in [0, 0.05) is 6.54 Å². The minimum atomic E-state index is -0.947. The molecule has 7 heteroatoms. The molecule has 0 heterocycles. The number of nitrogens with one attached hydrogen (secondary N) is 1. The molecule has 2 aromatic carbocycles. The molecule has 1 aliphatic carbocycles. The summed E-state index contributed by atoms with van der Waals surface area (Å²) in [7, 11) is 0. The van der Waals surface area contributed by atoms with Crippen LogP contribution in [0.2, 0.25) is 0 Å². The molecule has 0 saturated carbocycles. The maximum Gasteiger partial charge on any atom is 0.323 e. The molecular formula is C27H34N2O5. The molecule has 0 saturated heterocycles. The van der Waals surface area contributed by atoms with Gasteiger partial charge in [0.15, 0.2) is 0 Å².